The average Bonchev–Trinajstić information content (AvgIpc) is 2.78. The Hall–Kier alpha value is -0.980. The largest absolute Gasteiger partial charge is 0.379 e. The maximum atomic E-state index is 12.3. The Kier molecular flexibility index (Phi) is 5.44. The Morgan fingerprint density at radius 3 is 2.68 bits per heavy atom. The van der Waals surface area contributed by atoms with Gasteiger partial charge in [-0.3, -0.25) is 14.5 Å². The second-order valence-electron chi connectivity index (χ2n) is 6.20. The van der Waals surface area contributed by atoms with Crippen molar-refractivity contribution in [1.29, 1.82) is 0 Å². The highest BCUT2D eigenvalue weighted by Gasteiger charge is 2.16. The van der Waals surface area contributed by atoms with Crippen molar-refractivity contribution in [3.63, 3.8) is 0 Å². The zero-order chi connectivity index (χ0) is 15.4. The summed E-state index contributed by atoms with van der Waals surface area (Å²) in [7, 11) is 0. The topological polar surface area (TPSA) is 50.3 Å². The van der Waals surface area contributed by atoms with E-state index in [9.17, 15) is 4.79 Å². The van der Waals surface area contributed by atoms with Crippen LogP contribution < -0.4 is 5.69 Å². The van der Waals surface area contributed by atoms with E-state index in [1.165, 1.54) is 24.1 Å². The first-order valence-corrected chi connectivity index (χ1v) is 8.81. The summed E-state index contributed by atoms with van der Waals surface area (Å²) in [5.74, 6) is 0. The molecule has 0 atom stereocenters. The SMILES string of the molecule is O=c1[nH]c(=S)c2c(n1CCCN1CCOCC1)CCCCC2. The van der Waals surface area contributed by atoms with Gasteiger partial charge in [-0.15, -0.1) is 0 Å². The summed E-state index contributed by atoms with van der Waals surface area (Å²) in [6.45, 7) is 5.47. The van der Waals surface area contributed by atoms with Gasteiger partial charge in [0.25, 0.3) is 0 Å². The maximum absolute atomic E-state index is 12.3. The van der Waals surface area contributed by atoms with Gasteiger partial charge < -0.3 is 4.74 Å². The molecule has 0 unspecified atom stereocenters. The van der Waals surface area contributed by atoms with Gasteiger partial charge in [0.2, 0.25) is 0 Å². The second kappa shape index (κ2) is 7.53. The molecular formula is C16H25N3O2S. The van der Waals surface area contributed by atoms with Gasteiger partial charge in [0.1, 0.15) is 4.64 Å². The minimum Gasteiger partial charge on any atom is -0.379 e. The van der Waals surface area contributed by atoms with Gasteiger partial charge in [-0.05, 0) is 32.1 Å². The van der Waals surface area contributed by atoms with Crippen molar-refractivity contribution < 1.29 is 4.74 Å². The highest BCUT2D eigenvalue weighted by molar-refractivity contribution is 7.71. The van der Waals surface area contributed by atoms with Crippen molar-refractivity contribution in [2.24, 2.45) is 0 Å². The second-order valence-corrected chi connectivity index (χ2v) is 6.61. The van der Waals surface area contributed by atoms with Gasteiger partial charge in [0.15, 0.2) is 0 Å². The number of nitrogens with one attached hydrogen (secondary N) is 1. The number of fused-ring (bicyclic) bond motifs is 1. The number of nitrogens with zero attached hydrogens (tertiary/aromatic N) is 2. The molecule has 2 aliphatic rings. The maximum Gasteiger partial charge on any atom is 0.326 e. The lowest BCUT2D eigenvalue weighted by Gasteiger charge is -2.26. The fourth-order valence-electron chi connectivity index (χ4n) is 3.48. The molecular weight excluding hydrogens is 298 g/mol. The van der Waals surface area contributed by atoms with E-state index in [1.807, 2.05) is 4.57 Å². The Morgan fingerprint density at radius 2 is 1.86 bits per heavy atom. The Bertz CT molecular complexity index is 617. The van der Waals surface area contributed by atoms with Crippen LogP contribution in [0.25, 0.3) is 0 Å². The molecule has 122 valence electrons. The molecule has 0 amide bonds. The number of H-pyrrole nitrogens is 1. The Labute approximate surface area is 136 Å². The third-order valence-corrected chi connectivity index (χ3v) is 5.06. The van der Waals surface area contributed by atoms with Crippen LogP contribution in [0.4, 0.5) is 0 Å². The van der Waals surface area contributed by atoms with E-state index in [0.29, 0.717) is 4.64 Å². The molecule has 6 heteroatoms. The van der Waals surface area contributed by atoms with E-state index in [0.717, 1.165) is 65.1 Å². The molecule has 1 aromatic heterocycles. The zero-order valence-corrected chi connectivity index (χ0v) is 13.9. The molecule has 0 saturated carbocycles. The summed E-state index contributed by atoms with van der Waals surface area (Å²) >= 11 is 5.37. The molecule has 1 aliphatic carbocycles. The third kappa shape index (κ3) is 3.67. The highest BCUT2D eigenvalue weighted by Crippen LogP contribution is 2.20. The highest BCUT2D eigenvalue weighted by atomic mass is 32.1. The van der Waals surface area contributed by atoms with E-state index in [-0.39, 0.29) is 5.69 Å². The van der Waals surface area contributed by atoms with Gasteiger partial charge in [-0.25, -0.2) is 4.79 Å². The molecule has 0 bridgehead atoms. The Morgan fingerprint density at radius 1 is 1.09 bits per heavy atom. The van der Waals surface area contributed by atoms with E-state index in [1.54, 1.807) is 0 Å². The van der Waals surface area contributed by atoms with Gasteiger partial charge in [-0.1, -0.05) is 18.6 Å². The lowest BCUT2D eigenvalue weighted by molar-refractivity contribution is 0.0368. The first-order valence-electron chi connectivity index (χ1n) is 8.40. The van der Waals surface area contributed by atoms with Crippen LogP contribution in [0.1, 0.15) is 36.9 Å². The minimum atomic E-state index is -0.0346. The first kappa shape index (κ1) is 15.9. The number of aromatic nitrogens is 2. The van der Waals surface area contributed by atoms with Crippen LogP contribution in [0.5, 0.6) is 0 Å². The van der Waals surface area contributed by atoms with Crippen LogP contribution in [0.3, 0.4) is 0 Å². The number of hydrogen-bond donors (Lipinski definition) is 1. The summed E-state index contributed by atoms with van der Waals surface area (Å²) in [4.78, 5) is 17.6. The summed E-state index contributed by atoms with van der Waals surface area (Å²) < 4.78 is 7.97. The van der Waals surface area contributed by atoms with Crippen LogP contribution in [0, 0.1) is 4.64 Å². The van der Waals surface area contributed by atoms with Crippen LogP contribution >= 0.6 is 12.2 Å². The van der Waals surface area contributed by atoms with E-state index < -0.39 is 0 Å². The molecule has 2 heterocycles. The summed E-state index contributed by atoms with van der Waals surface area (Å²) in [5, 5.41) is 0. The zero-order valence-electron chi connectivity index (χ0n) is 13.1. The van der Waals surface area contributed by atoms with Gasteiger partial charge >= 0.3 is 5.69 Å². The third-order valence-electron chi connectivity index (χ3n) is 4.71. The smallest absolute Gasteiger partial charge is 0.326 e. The fraction of sp³-hybridized carbons (Fsp3) is 0.750. The molecule has 5 nitrogen and oxygen atoms in total. The summed E-state index contributed by atoms with van der Waals surface area (Å²) in [6, 6.07) is 0. The van der Waals surface area contributed by atoms with Crippen LogP contribution in [0.2, 0.25) is 0 Å². The van der Waals surface area contributed by atoms with Crippen LogP contribution in [0.15, 0.2) is 4.79 Å². The number of morpholine rings is 1. The number of ether oxygens (including phenoxy) is 1. The molecule has 22 heavy (non-hydrogen) atoms. The quantitative estimate of drug-likeness (QED) is 0.679. The monoisotopic (exact) mass is 323 g/mol. The van der Waals surface area contributed by atoms with Crippen LogP contribution in [-0.2, 0) is 24.1 Å². The standard InChI is InChI=1S/C16H25N3O2S/c20-16-17-15(22)13-5-2-1-3-6-14(13)19(16)8-4-7-18-9-11-21-12-10-18/h1-12H2,(H,17,20,22). The van der Waals surface area contributed by atoms with E-state index in [4.69, 9.17) is 17.0 Å². The lowest BCUT2D eigenvalue weighted by Crippen LogP contribution is -2.37. The molecule has 1 aliphatic heterocycles. The predicted octanol–water partition coefficient (Wildman–Crippen LogP) is 1.90. The van der Waals surface area contributed by atoms with Crippen molar-refractivity contribution in [3.05, 3.63) is 26.4 Å². The number of aromatic amines is 1. The van der Waals surface area contributed by atoms with E-state index in [2.05, 4.69) is 9.88 Å². The molecule has 3 rings (SSSR count). The fourth-order valence-corrected chi connectivity index (χ4v) is 3.79. The molecule has 1 N–H and O–H groups in total. The number of hydrogen-bond acceptors (Lipinski definition) is 4. The van der Waals surface area contributed by atoms with Gasteiger partial charge in [0.05, 0.1) is 13.2 Å². The lowest BCUT2D eigenvalue weighted by atomic mass is 10.1. The summed E-state index contributed by atoms with van der Waals surface area (Å²) in [5.41, 5.74) is 2.36. The summed E-state index contributed by atoms with van der Waals surface area (Å²) in [6.07, 6.45) is 6.56. The van der Waals surface area contributed by atoms with Gasteiger partial charge in [-0.2, -0.15) is 0 Å². The normalized spacial score (nSPS) is 19.6. The molecule has 0 radical (unpaired) electrons. The molecule has 1 saturated heterocycles. The minimum absolute atomic E-state index is 0.0346. The molecule has 1 aromatic rings. The first-order chi connectivity index (χ1) is 10.8. The molecule has 0 spiro atoms. The molecule has 0 aromatic carbocycles. The average molecular weight is 323 g/mol. The van der Waals surface area contributed by atoms with Crippen molar-refractivity contribution in [1.82, 2.24) is 14.5 Å². The van der Waals surface area contributed by atoms with Crippen molar-refractivity contribution in [2.45, 2.75) is 45.1 Å². The number of rotatable bonds is 4. The van der Waals surface area contributed by atoms with Crippen molar-refractivity contribution in [3.8, 4) is 0 Å². The van der Waals surface area contributed by atoms with Gasteiger partial charge in [0, 0.05) is 37.4 Å². The van der Waals surface area contributed by atoms with Crippen molar-refractivity contribution >= 4 is 12.2 Å². The van der Waals surface area contributed by atoms with Crippen LogP contribution in [-0.4, -0.2) is 47.3 Å². The molecule has 1 fully saturated rings. The Balaban J connectivity index is 1.72. The van der Waals surface area contributed by atoms with Crippen molar-refractivity contribution in [2.75, 3.05) is 32.8 Å². The predicted molar refractivity (Wildman–Crippen MR) is 89.0 cm³/mol. The van der Waals surface area contributed by atoms with E-state index >= 15 is 0 Å².